The Kier molecular flexibility index (Phi) is 3.87. The van der Waals surface area contributed by atoms with Crippen molar-refractivity contribution in [1.82, 2.24) is 15.8 Å². The maximum Gasteiger partial charge on any atom is 0.286 e. The van der Waals surface area contributed by atoms with Crippen molar-refractivity contribution >= 4 is 33.4 Å². The van der Waals surface area contributed by atoms with Gasteiger partial charge in [-0.1, -0.05) is 17.4 Å². The number of alkyl halides is 1. The lowest BCUT2D eigenvalue weighted by atomic mass is 10.0. The summed E-state index contributed by atoms with van der Waals surface area (Å²) in [6.07, 6.45) is 1.35. The highest BCUT2D eigenvalue weighted by molar-refractivity contribution is 7.17. The van der Waals surface area contributed by atoms with Crippen molar-refractivity contribution in [2.24, 2.45) is 5.73 Å². The van der Waals surface area contributed by atoms with Crippen LogP contribution in [0.3, 0.4) is 0 Å². The number of amides is 2. The lowest BCUT2D eigenvalue weighted by Gasteiger charge is -2.14. The first kappa shape index (κ1) is 15.2. The van der Waals surface area contributed by atoms with E-state index in [0.717, 1.165) is 17.4 Å². The van der Waals surface area contributed by atoms with Gasteiger partial charge in [-0.2, -0.15) is 4.39 Å². The topological polar surface area (TPSA) is 100 Å². The molecule has 1 atom stereocenters. The van der Waals surface area contributed by atoms with Crippen molar-refractivity contribution in [2.45, 2.75) is 12.6 Å². The van der Waals surface area contributed by atoms with Crippen LogP contribution in [-0.2, 0) is 4.79 Å². The predicted molar refractivity (Wildman–Crippen MR) is 81.6 cm³/mol. The number of nitrogens with one attached hydrogen (secondary N) is 3. The average molecular weight is 338 g/mol. The predicted octanol–water partition coefficient (Wildman–Crippen LogP) is 1.64. The quantitative estimate of drug-likeness (QED) is 0.626. The molecular formula is C14H12F2N4O2S. The lowest BCUT2D eigenvalue weighted by Crippen LogP contribution is -2.43. The van der Waals surface area contributed by atoms with Gasteiger partial charge in [0.05, 0.1) is 5.57 Å². The molecule has 0 fully saturated rings. The summed E-state index contributed by atoms with van der Waals surface area (Å²) in [5, 5.41) is 0.212. The van der Waals surface area contributed by atoms with Crippen LogP contribution in [0.1, 0.15) is 16.9 Å². The van der Waals surface area contributed by atoms with Gasteiger partial charge in [0.1, 0.15) is 16.7 Å². The molecule has 1 aliphatic carbocycles. The number of hydrogen-bond acceptors (Lipinski definition) is 4. The molecule has 1 unspecified atom stereocenters. The second-order valence-corrected chi connectivity index (χ2v) is 5.92. The third-order valence-electron chi connectivity index (χ3n) is 3.28. The van der Waals surface area contributed by atoms with Crippen LogP contribution in [0.5, 0.6) is 0 Å². The van der Waals surface area contributed by atoms with E-state index in [-0.39, 0.29) is 28.5 Å². The molecule has 0 saturated carbocycles. The number of hydrogen-bond donors (Lipinski definition) is 4. The van der Waals surface area contributed by atoms with E-state index < -0.39 is 18.0 Å². The van der Waals surface area contributed by atoms with Crippen LogP contribution in [-0.4, -0.2) is 23.0 Å². The summed E-state index contributed by atoms with van der Waals surface area (Å²) in [4.78, 5) is 27.1. The Morgan fingerprint density at radius 3 is 2.74 bits per heavy atom. The van der Waals surface area contributed by atoms with Gasteiger partial charge >= 0.3 is 0 Å². The van der Waals surface area contributed by atoms with Gasteiger partial charge in [0.15, 0.2) is 5.13 Å². The van der Waals surface area contributed by atoms with Crippen LogP contribution < -0.4 is 16.6 Å². The van der Waals surface area contributed by atoms with Crippen molar-refractivity contribution in [2.75, 3.05) is 0 Å². The normalized spacial score (nSPS) is 17.6. The van der Waals surface area contributed by atoms with E-state index >= 15 is 0 Å². The highest BCUT2D eigenvalue weighted by Gasteiger charge is 2.19. The molecule has 0 saturated heterocycles. The van der Waals surface area contributed by atoms with Crippen LogP contribution in [0, 0.1) is 5.13 Å². The monoisotopic (exact) mass is 338 g/mol. The minimum Gasteiger partial charge on any atom is -0.398 e. The zero-order chi connectivity index (χ0) is 16.6. The van der Waals surface area contributed by atoms with Crippen molar-refractivity contribution < 1.29 is 18.4 Å². The smallest absolute Gasteiger partial charge is 0.286 e. The number of hydrazine groups is 1. The molecule has 2 heterocycles. The number of thiophene rings is 1. The maximum absolute atomic E-state index is 13.1. The number of H-pyrrole nitrogens is 1. The van der Waals surface area contributed by atoms with Crippen LogP contribution in [0.4, 0.5) is 8.78 Å². The molecule has 0 radical (unpaired) electrons. The third-order valence-corrected chi connectivity index (χ3v) is 4.13. The fraction of sp³-hybridized carbons (Fsp3) is 0.143. The van der Waals surface area contributed by atoms with Crippen LogP contribution in [0.15, 0.2) is 35.6 Å². The summed E-state index contributed by atoms with van der Waals surface area (Å²) in [6.45, 7) is 0. The molecule has 2 amide bonds. The van der Waals surface area contributed by atoms with Crippen molar-refractivity contribution in [1.29, 1.82) is 0 Å². The molecule has 0 bridgehead atoms. The number of rotatable bonds is 2. The van der Waals surface area contributed by atoms with E-state index in [1.54, 1.807) is 0 Å². The summed E-state index contributed by atoms with van der Waals surface area (Å²) >= 11 is 0.880. The Morgan fingerprint density at radius 1 is 1.30 bits per heavy atom. The lowest BCUT2D eigenvalue weighted by molar-refractivity contribution is -0.118. The highest BCUT2D eigenvalue weighted by Crippen LogP contribution is 2.24. The molecule has 2 aromatic heterocycles. The molecule has 2 aromatic rings. The van der Waals surface area contributed by atoms with Gasteiger partial charge in [-0.3, -0.25) is 20.4 Å². The fourth-order valence-corrected chi connectivity index (χ4v) is 2.97. The minimum atomic E-state index is -1.21. The van der Waals surface area contributed by atoms with Crippen LogP contribution in [0.25, 0.3) is 10.2 Å². The molecule has 0 spiro atoms. The maximum atomic E-state index is 13.1. The zero-order valence-electron chi connectivity index (χ0n) is 11.7. The van der Waals surface area contributed by atoms with Gasteiger partial charge in [-0.25, -0.2) is 4.39 Å². The van der Waals surface area contributed by atoms with E-state index in [0.29, 0.717) is 10.2 Å². The standard InChI is InChI=1S/C14H12F2N4O2S/c15-7-1-2-8(9(17)5-7)12(21)19-20-13(22)10-3-6-4-11(16)23-14(6)18-10/h2-5,7,18H,1,17H2,(H,19,21)(H,20,22). The van der Waals surface area contributed by atoms with Crippen LogP contribution in [0.2, 0.25) is 0 Å². The van der Waals surface area contributed by atoms with Gasteiger partial charge < -0.3 is 10.7 Å². The van der Waals surface area contributed by atoms with Gasteiger partial charge in [-0.15, -0.1) is 0 Å². The number of carbonyl (C=O) groups is 2. The van der Waals surface area contributed by atoms with Gasteiger partial charge in [0.25, 0.3) is 11.8 Å². The molecule has 6 nitrogen and oxygen atoms in total. The molecule has 120 valence electrons. The number of allylic oxidation sites excluding steroid dienone is 2. The first-order valence-electron chi connectivity index (χ1n) is 6.64. The molecule has 5 N–H and O–H groups in total. The number of carbonyl (C=O) groups excluding carboxylic acids is 2. The van der Waals surface area contributed by atoms with Crippen molar-refractivity contribution in [3.63, 3.8) is 0 Å². The Bertz CT molecular complexity index is 821. The molecule has 0 aliphatic heterocycles. The van der Waals surface area contributed by atoms with Gasteiger partial charge in [-0.05, 0) is 18.2 Å². The van der Waals surface area contributed by atoms with Crippen molar-refractivity contribution in [3.8, 4) is 0 Å². The number of aromatic nitrogens is 1. The number of nitrogens with two attached hydrogens (primary N) is 1. The van der Waals surface area contributed by atoms with E-state index in [2.05, 4.69) is 15.8 Å². The number of fused-ring (bicyclic) bond motifs is 1. The van der Waals surface area contributed by atoms with Crippen LogP contribution >= 0.6 is 11.3 Å². The molecule has 0 aromatic carbocycles. The first-order valence-corrected chi connectivity index (χ1v) is 7.46. The SMILES string of the molecule is NC1=CC(F)CC=C1C(=O)NNC(=O)c1cc2cc(F)sc2[nH]1. The summed E-state index contributed by atoms with van der Waals surface area (Å²) in [5.41, 5.74) is 10.3. The number of aromatic amines is 1. The Labute approximate surface area is 133 Å². The van der Waals surface area contributed by atoms with E-state index in [4.69, 9.17) is 5.73 Å². The number of halogens is 2. The fourth-order valence-electron chi connectivity index (χ4n) is 2.19. The van der Waals surface area contributed by atoms with Gasteiger partial charge in [0.2, 0.25) is 0 Å². The first-order chi connectivity index (χ1) is 10.9. The van der Waals surface area contributed by atoms with Crippen molar-refractivity contribution in [3.05, 3.63) is 46.4 Å². The van der Waals surface area contributed by atoms with E-state index in [1.807, 2.05) is 0 Å². The molecule has 1 aliphatic rings. The Hall–Kier alpha value is -2.68. The molecular weight excluding hydrogens is 326 g/mol. The Morgan fingerprint density at radius 2 is 2.04 bits per heavy atom. The van der Waals surface area contributed by atoms with Gasteiger partial charge in [0, 0.05) is 17.5 Å². The van der Waals surface area contributed by atoms with E-state index in [1.165, 1.54) is 18.2 Å². The third kappa shape index (κ3) is 3.09. The second-order valence-electron chi connectivity index (χ2n) is 4.92. The second kappa shape index (κ2) is 5.84. The summed E-state index contributed by atoms with van der Waals surface area (Å²) < 4.78 is 26.1. The summed E-state index contributed by atoms with van der Waals surface area (Å²) in [6, 6.07) is 2.77. The van der Waals surface area contributed by atoms with E-state index in [9.17, 15) is 18.4 Å². The summed E-state index contributed by atoms with van der Waals surface area (Å²) in [5.74, 6) is -1.23. The summed E-state index contributed by atoms with van der Waals surface area (Å²) in [7, 11) is 0. The molecule has 23 heavy (non-hydrogen) atoms. The Balaban J connectivity index is 1.63. The largest absolute Gasteiger partial charge is 0.398 e. The molecule has 3 rings (SSSR count). The molecule has 9 heteroatoms. The highest BCUT2D eigenvalue weighted by atomic mass is 32.1. The zero-order valence-corrected chi connectivity index (χ0v) is 12.5. The average Bonchev–Trinajstić information content (AvgIpc) is 3.01. The minimum absolute atomic E-state index is 0.0198.